The van der Waals surface area contributed by atoms with Gasteiger partial charge in [0.05, 0.1) is 11.0 Å². The van der Waals surface area contributed by atoms with Crippen LogP contribution in [-0.4, -0.2) is 21.2 Å². The van der Waals surface area contributed by atoms with Gasteiger partial charge in [0.2, 0.25) is 5.95 Å². The number of hydrogen-bond donors (Lipinski definition) is 2. The van der Waals surface area contributed by atoms with Crippen LogP contribution in [0.15, 0.2) is 24.3 Å². The number of anilines is 1. The number of carbonyl (C=O) groups excluding carboxylic acids is 1. The molecule has 1 aliphatic rings. The van der Waals surface area contributed by atoms with Crippen LogP contribution in [0.5, 0.6) is 0 Å². The smallest absolute Gasteiger partial charge is 0.330 e. The van der Waals surface area contributed by atoms with E-state index in [2.05, 4.69) is 15.6 Å². The summed E-state index contributed by atoms with van der Waals surface area (Å²) in [6.45, 7) is 3.79. The second-order valence-electron chi connectivity index (χ2n) is 4.44. The predicted molar refractivity (Wildman–Crippen MR) is 61.4 cm³/mol. The highest BCUT2D eigenvalue weighted by molar-refractivity contribution is 5.94. The van der Waals surface area contributed by atoms with Gasteiger partial charge in [0, 0.05) is 0 Å². The Morgan fingerprint density at radius 2 is 2.00 bits per heavy atom. The van der Waals surface area contributed by atoms with Crippen LogP contribution in [0.2, 0.25) is 0 Å². The van der Waals surface area contributed by atoms with Gasteiger partial charge in [-0.25, -0.2) is 14.3 Å². The summed E-state index contributed by atoms with van der Waals surface area (Å²) in [7, 11) is 0. The Kier molecular flexibility index (Phi) is 1.58. The molecule has 3 rings (SSSR count). The first kappa shape index (κ1) is 9.21. The van der Waals surface area contributed by atoms with Crippen molar-refractivity contribution in [1.29, 1.82) is 0 Å². The number of benzene rings is 1. The zero-order chi connectivity index (χ0) is 11.3. The Bertz CT molecular complexity index is 585. The maximum atomic E-state index is 11.9. The molecule has 0 saturated heterocycles. The van der Waals surface area contributed by atoms with Gasteiger partial charge in [-0.2, -0.15) is 0 Å². The molecule has 1 aromatic carbocycles. The Labute approximate surface area is 92.5 Å². The lowest BCUT2D eigenvalue weighted by molar-refractivity contribution is 0.231. The molecule has 1 aromatic heterocycles. The van der Waals surface area contributed by atoms with Crippen molar-refractivity contribution in [3.63, 3.8) is 0 Å². The summed E-state index contributed by atoms with van der Waals surface area (Å²) >= 11 is 0. The van der Waals surface area contributed by atoms with E-state index in [0.29, 0.717) is 5.95 Å². The summed E-state index contributed by atoms with van der Waals surface area (Å²) in [5, 5.41) is 6.04. The molecule has 5 nitrogen and oxygen atoms in total. The molecule has 0 bridgehead atoms. The van der Waals surface area contributed by atoms with Crippen LogP contribution in [0.1, 0.15) is 13.8 Å². The van der Waals surface area contributed by atoms with Gasteiger partial charge in [0.15, 0.2) is 0 Å². The molecule has 2 heterocycles. The van der Waals surface area contributed by atoms with Gasteiger partial charge in [-0.15, -0.1) is 0 Å². The van der Waals surface area contributed by atoms with Crippen molar-refractivity contribution >= 4 is 23.0 Å². The number of nitrogens with zero attached hydrogens (tertiary/aromatic N) is 2. The van der Waals surface area contributed by atoms with Crippen molar-refractivity contribution < 1.29 is 4.79 Å². The number of rotatable bonds is 0. The maximum absolute atomic E-state index is 11.9. The molecule has 16 heavy (non-hydrogen) atoms. The van der Waals surface area contributed by atoms with Gasteiger partial charge < -0.3 is 10.6 Å². The molecular formula is C11H12N4O. The topological polar surface area (TPSA) is 59.0 Å². The van der Waals surface area contributed by atoms with Gasteiger partial charge in [0.1, 0.15) is 5.66 Å². The summed E-state index contributed by atoms with van der Waals surface area (Å²) in [6.07, 6.45) is 0. The molecule has 0 saturated carbocycles. The summed E-state index contributed by atoms with van der Waals surface area (Å²) in [5.41, 5.74) is 1.17. The number of para-hydroxylation sites is 2. The van der Waals surface area contributed by atoms with E-state index >= 15 is 0 Å². The number of amides is 1. The quantitative estimate of drug-likeness (QED) is 0.705. The van der Waals surface area contributed by atoms with Crippen molar-refractivity contribution in [3.05, 3.63) is 24.3 Å². The molecule has 0 radical (unpaired) electrons. The summed E-state index contributed by atoms with van der Waals surface area (Å²) in [5.74, 6) is 0.593. The Morgan fingerprint density at radius 3 is 2.81 bits per heavy atom. The van der Waals surface area contributed by atoms with Crippen LogP contribution < -0.4 is 10.6 Å². The third-order valence-electron chi connectivity index (χ3n) is 2.61. The zero-order valence-corrected chi connectivity index (χ0v) is 9.11. The number of aromatic nitrogens is 2. The molecule has 82 valence electrons. The zero-order valence-electron chi connectivity index (χ0n) is 9.11. The van der Waals surface area contributed by atoms with Crippen LogP contribution in [0.4, 0.5) is 10.7 Å². The molecule has 5 heteroatoms. The first-order chi connectivity index (χ1) is 7.57. The van der Waals surface area contributed by atoms with E-state index in [4.69, 9.17) is 0 Å². The fourth-order valence-corrected chi connectivity index (χ4v) is 1.95. The maximum Gasteiger partial charge on any atom is 0.330 e. The van der Waals surface area contributed by atoms with E-state index in [9.17, 15) is 4.79 Å². The Balaban J connectivity index is 2.29. The van der Waals surface area contributed by atoms with Gasteiger partial charge in [-0.1, -0.05) is 12.1 Å². The Hall–Kier alpha value is -2.04. The molecule has 1 aliphatic heterocycles. The van der Waals surface area contributed by atoms with Crippen molar-refractivity contribution in [3.8, 4) is 0 Å². The minimum absolute atomic E-state index is 0.146. The van der Waals surface area contributed by atoms with Gasteiger partial charge in [0.25, 0.3) is 0 Å². The lowest BCUT2D eigenvalue weighted by atomic mass is 10.2. The highest BCUT2D eigenvalue weighted by Gasteiger charge is 2.31. The number of hydrogen-bond acceptors (Lipinski definition) is 3. The van der Waals surface area contributed by atoms with E-state index < -0.39 is 5.66 Å². The molecule has 0 unspecified atom stereocenters. The van der Waals surface area contributed by atoms with E-state index in [1.54, 1.807) is 4.57 Å². The SMILES string of the molecule is CC1(C)NC(=O)n2c(nc3ccccc32)N1. The third-order valence-corrected chi connectivity index (χ3v) is 2.61. The highest BCUT2D eigenvalue weighted by atomic mass is 16.2. The minimum Gasteiger partial charge on any atom is -0.333 e. The first-order valence-electron chi connectivity index (χ1n) is 5.15. The van der Waals surface area contributed by atoms with Crippen molar-refractivity contribution in [2.24, 2.45) is 0 Å². The first-order valence-corrected chi connectivity index (χ1v) is 5.15. The average Bonchev–Trinajstić information content (AvgIpc) is 2.52. The number of fused-ring (bicyclic) bond motifs is 3. The predicted octanol–water partition coefficient (Wildman–Crippen LogP) is 1.76. The van der Waals surface area contributed by atoms with Crippen LogP contribution in [0, 0.1) is 0 Å². The third kappa shape index (κ3) is 1.18. The molecule has 0 spiro atoms. The largest absolute Gasteiger partial charge is 0.333 e. The normalized spacial score (nSPS) is 17.8. The standard InChI is InChI=1S/C11H12N4O/c1-11(2)13-9-12-7-5-3-4-6-8(7)15(9)10(16)14-11/h3-6H,1-2H3,(H,12,13)(H,14,16). The number of carbonyl (C=O) groups is 1. The lowest BCUT2D eigenvalue weighted by Gasteiger charge is -2.32. The molecule has 1 amide bonds. The van der Waals surface area contributed by atoms with Crippen LogP contribution in [0.3, 0.4) is 0 Å². The molecule has 0 fully saturated rings. The fraction of sp³-hybridized carbons (Fsp3) is 0.273. The van der Waals surface area contributed by atoms with Gasteiger partial charge >= 0.3 is 6.03 Å². The van der Waals surface area contributed by atoms with Crippen LogP contribution in [-0.2, 0) is 0 Å². The molecule has 0 aliphatic carbocycles. The second-order valence-corrected chi connectivity index (χ2v) is 4.44. The van der Waals surface area contributed by atoms with Crippen molar-refractivity contribution in [1.82, 2.24) is 14.9 Å². The van der Waals surface area contributed by atoms with Crippen LogP contribution in [0.25, 0.3) is 11.0 Å². The van der Waals surface area contributed by atoms with Crippen molar-refractivity contribution in [2.45, 2.75) is 19.5 Å². The molecular weight excluding hydrogens is 204 g/mol. The van der Waals surface area contributed by atoms with Gasteiger partial charge in [-0.3, -0.25) is 0 Å². The highest BCUT2D eigenvalue weighted by Crippen LogP contribution is 2.24. The van der Waals surface area contributed by atoms with E-state index in [-0.39, 0.29) is 6.03 Å². The number of nitrogens with one attached hydrogen (secondary N) is 2. The lowest BCUT2D eigenvalue weighted by Crippen LogP contribution is -2.55. The van der Waals surface area contributed by atoms with Crippen LogP contribution >= 0.6 is 0 Å². The number of imidazole rings is 1. The van der Waals surface area contributed by atoms with Gasteiger partial charge in [-0.05, 0) is 26.0 Å². The summed E-state index contributed by atoms with van der Waals surface area (Å²) in [6, 6.07) is 7.43. The molecule has 0 atom stereocenters. The second kappa shape index (κ2) is 2.75. The summed E-state index contributed by atoms with van der Waals surface area (Å²) < 4.78 is 1.56. The Morgan fingerprint density at radius 1 is 1.25 bits per heavy atom. The van der Waals surface area contributed by atoms with E-state index in [1.807, 2.05) is 38.1 Å². The minimum atomic E-state index is -0.464. The molecule has 2 N–H and O–H groups in total. The summed E-state index contributed by atoms with van der Waals surface area (Å²) in [4.78, 5) is 16.3. The molecule has 2 aromatic rings. The average molecular weight is 216 g/mol. The fourth-order valence-electron chi connectivity index (χ4n) is 1.95. The van der Waals surface area contributed by atoms with Crippen molar-refractivity contribution in [2.75, 3.05) is 5.32 Å². The van der Waals surface area contributed by atoms with E-state index in [0.717, 1.165) is 11.0 Å². The van der Waals surface area contributed by atoms with E-state index in [1.165, 1.54) is 0 Å². The monoisotopic (exact) mass is 216 g/mol.